The highest BCUT2D eigenvalue weighted by Gasteiger charge is 2.12. The molecule has 0 radical (unpaired) electrons. The lowest BCUT2D eigenvalue weighted by molar-refractivity contribution is -0.112. The number of ether oxygens (including phenoxy) is 2. The van der Waals surface area contributed by atoms with Gasteiger partial charge in [-0.05, 0) is 55.0 Å². The van der Waals surface area contributed by atoms with Crippen LogP contribution < -0.4 is 14.8 Å². The Balaban J connectivity index is 2.22. The number of nitriles is 1. The maximum atomic E-state index is 12.5. The lowest BCUT2D eigenvalue weighted by atomic mass is 10.1. The molecule has 0 saturated heterocycles. The second-order valence-electron chi connectivity index (χ2n) is 5.74. The minimum absolute atomic E-state index is 0.00994. The molecule has 5 nitrogen and oxygen atoms in total. The number of methoxy groups -OCH3 is 1. The summed E-state index contributed by atoms with van der Waals surface area (Å²) in [5, 5.41) is 12.2. The molecule has 0 saturated carbocycles. The monoisotopic (exact) mass is 428 g/mol. The molecule has 0 unspecified atom stereocenters. The van der Waals surface area contributed by atoms with Crippen molar-refractivity contribution in [3.05, 3.63) is 58.1 Å². The molecule has 0 heterocycles. The second kappa shape index (κ2) is 10.4. The molecule has 6 heteroatoms. The van der Waals surface area contributed by atoms with Crippen LogP contribution in [0.3, 0.4) is 0 Å². The van der Waals surface area contributed by atoms with Crippen LogP contribution in [0.4, 0.5) is 5.69 Å². The predicted octanol–water partition coefficient (Wildman–Crippen LogP) is 5.18. The van der Waals surface area contributed by atoms with Crippen molar-refractivity contribution >= 4 is 33.6 Å². The predicted molar refractivity (Wildman–Crippen MR) is 110 cm³/mol. The largest absolute Gasteiger partial charge is 0.497 e. The number of rotatable bonds is 8. The molecular formula is C21H21BrN2O3. The maximum absolute atomic E-state index is 12.5. The summed E-state index contributed by atoms with van der Waals surface area (Å²) in [7, 11) is 1.57. The molecule has 0 aliphatic rings. The van der Waals surface area contributed by atoms with Crippen molar-refractivity contribution in [2.24, 2.45) is 0 Å². The fraction of sp³-hybridized carbons (Fsp3) is 0.238. The van der Waals surface area contributed by atoms with Crippen molar-refractivity contribution in [2.45, 2.75) is 19.8 Å². The molecule has 27 heavy (non-hydrogen) atoms. The van der Waals surface area contributed by atoms with Gasteiger partial charge in [-0.2, -0.15) is 5.26 Å². The number of carbonyl (C=O) groups is 1. The number of halogens is 1. The summed E-state index contributed by atoms with van der Waals surface area (Å²) in [6.07, 6.45) is 3.49. The van der Waals surface area contributed by atoms with E-state index in [1.54, 1.807) is 31.4 Å². The third kappa shape index (κ3) is 6.15. The zero-order chi connectivity index (χ0) is 19.6. The smallest absolute Gasteiger partial charge is 0.266 e. The molecule has 0 aromatic heterocycles. The van der Waals surface area contributed by atoms with Gasteiger partial charge in [0.25, 0.3) is 5.91 Å². The number of hydrogen-bond donors (Lipinski definition) is 1. The minimum Gasteiger partial charge on any atom is -0.497 e. The van der Waals surface area contributed by atoms with Crippen LogP contribution in [-0.4, -0.2) is 19.6 Å². The first-order chi connectivity index (χ1) is 13.1. The van der Waals surface area contributed by atoms with Gasteiger partial charge in [0.05, 0.1) is 13.7 Å². The summed E-state index contributed by atoms with van der Waals surface area (Å²) >= 11 is 3.41. The Morgan fingerprint density at radius 3 is 2.63 bits per heavy atom. The van der Waals surface area contributed by atoms with Gasteiger partial charge in [-0.3, -0.25) is 4.79 Å². The zero-order valence-corrected chi connectivity index (χ0v) is 16.9. The van der Waals surface area contributed by atoms with Crippen LogP contribution in [0.15, 0.2) is 52.5 Å². The molecule has 2 rings (SSSR count). The normalized spacial score (nSPS) is 10.8. The Morgan fingerprint density at radius 1 is 1.26 bits per heavy atom. The van der Waals surface area contributed by atoms with Crippen molar-refractivity contribution in [1.82, 2.24) is 0 Å². The quantitative estimate of drug-likeness (QED) is 0.357. The molecule has 0 aliphatic carbocycles. The van der Waals surface area contributed by atoms with Gasteiger partial charge in [-0.25, -0.2) is 0 Å². The number of anilines is 1. The first-order valence-corrected chi connectivity index (χ1v) is 9.36. The lowest BCUT2D eigenvalue weighted by Gasteiger charge is -2.10. The van der Waals surface area contributed by atoms with E-state index in [9.17, 15) is 10.1 Å². The van der Waals surface area contributed by atoms with Crippen LogP contribution in [0.1, 0.15) is 25.3 Å². The molecule has 0 bridgehead atoms. The van der Waals surface area contributed by atoms with Gasteiger partial charge in [0.2, 0.25) is 0 Å². The van der Waals surface area contributed by atoms with E-state index in [1.807, 2.05) is 24.3 Å². The molecule has 1 amide bonds. The molecule has 0 atom stereocenters. The second-order valence-corrected chi connectivity index (χ2v) is 6.65. The molecule has 1 N–H and O–H groups in total. The van der Waals surface area contributed by atoms with Gasteiger partial charge in [0, 0.05) is 15.7 Å². The summed E-state index contributed by atoms with van der Waals surface area (Å²) < 4.78 is 11.7. The van der Waals surface area contributed by atoms with E-state index in [1.165, 1.54) is 6.08 Å². The van der Waals surface area contributed by atoms with E-state index in [0.29, 0.717) is 29.4 Å². The molecule has 2 aromatic carbocycles. The van der Waals surface area contributed by atoms with Gasteiger partial charge in [0.15, 0.2) is 0 Å². The average molecular weight is 429 g/mol. The average Bonchev–Trinajstić information content (AvgIpc) is 2.68. The Bertz CT molecular complexity index is 855. The third-order valence-electron chi connectivity index (χ3n) is 3.74. The number of nitrogens with zero attached hydrogens (tertiary/aromatic N) is 1. The van der Waals surface area contributed by atoms with Crippen LogP contribution in [0.5, 0.6) is 11.5 Å². The summed E-state index contributed by atoms with van der Waals surface area (Å²) in [6, 6.07) is 14.4. The van der Waals surface area contributed by atoms with Crippen molar-refractivity contribution in [2.75, 3.05) is 19.0 Å². The van der Waals surface area contributed by atoms with Crippen molar-refractivity contribution in [3.63, 3.8) is 0 Å². The van der Waals surface area contributed by atoms with Crippen molar-refractivity contribution in [3.8, 4) is 17.6 Å². The lowest BCUT2D eigenvalue weighted by Crippen LogP contribution is -2.13. The van der Waals surface area contributed by atoms with Crippen LogP contribution in [0, 0.1) is 11.3 Å². The molecule has 0 spiro atoms. The van der Waals surface area contributed by atoms with Gasteiger partial charge >= 0.3 is 0 Å². The van der Waals surface area contributed by atoms with Crippen LogP contribution in [0.25, 0.3) is 6.08 Å². The first-order valence-electron chi connectivity index (χ1n) is 8.57. The van der Waals surface area contributed by atoms with Gasteiger partial charge in [-0.1, -0.05) is 29.3 Å². The van der Waals surface area contributed by atoms with Crippen LogP contribution >= 0.6 is 15.9 Å². The van der Waals surface area contributed by atoms with Crippen LogP contribution in [-0.2, 0) is 4.79 Å². The molecular weight excluding hydrogens is 408 g/mol. The molecule has 140 valence electrons. The van der Waals surface area contributed by atoms with E-state index >= 15 is 0 Å². The fourth-order valence-corrected chi connectivity index (χ4v) is 2.65. The van der Waals surface area contributed by atoms with Crippen molar-refractivity contribution in [1.29, 1.82) is 5.26 Å². The van der Waals surface area contributed by atoms with Crippen LogP contribution in [0.2, 0.25) is 0 Å². The Hall–Kier alpha value is -2.78. The number of amides is 1. The zero-order valence-electron chi connectivity index (χ0n) is 15.3. The first kappa shape index (κ1) is 20.5. The molecule has 0 fully saturated rings. The topological polar surface area (TPSA) is 71.3 Å². The number of unbranched alkanes of at least 4 members (excludes halogenated alkanes) is 1. The minimum atomic E-state index is -0.484. The standard InChI is InChI=1S/C21H21BrN2O3/c1-3-4-11-27-20-10-5-17(22)13-15(20)12-16(14-23)21(25)24-18-6-8-19(26-2)9-7-18/h5-10,12-13H,3-4,11H2,1-2H3,(H,24,25). The van der Waals surface area contributed by atoms with E-state index in [0.717, 1.165) is 17.3 Å². The molecule has 0 aliphatic heterocycles. The van der Waals surface area contributed by atoms with Crippen molar-refractivity contribution < 1.29 is 14.3 Å². The Kier molecular flexibility index (Phi) is 7.90. The van der Waals surface area contributed by atoms with Gasteiger partial charge in [-0.15, -0.1) is 0 Å². The summed E-state index contributed by atoms with van der Waals surface area (Å²) in [4.78, 5) is 12.5. The highest BCUT2D eigenvalue weighted by atomic mass is 79.9. The summed E-state index contributed by atoms with van der Waals surface area (Å²) in [5.41, 5.74) is 1.24. The van der Waals surface area contributed by atoms with E-state index in [2.05, 4.69) is 28.2 Å². The van der Waals surface area contributed by atoms with E-state index in [-0.39, 0.29) is 5.57 Å². The molecule has 2 aromatic rings. The summed E-state index contributed by atoms with van der Waals surface area (Å²) in [5.74, 6) is 0.839. The Morgan fingerprint density at radius 2 is 2.00 bits per heavy atom. The highest BCUT2D eigenvalue weighted by Crippen LogP contribution is 2.26. The SMILES string of the molecule is CCCCOc1ccc(Br)cc1C=C(C#N)C(=O)Nc1ccc(OC)cc1. The van der Waals surface area contributed by atoms with E-state index in [4.69, 9.17) is 9.47 Å². The Labute approximate surface area is 167 Å². The number of nitrogens with one attached hydrogen (secondary N) is 1. The fourth-order valence-electron chi connectivity index (χ4n) is 2.27. The maximum Gasteiger partial charge on any atom is 0.266 e. The number of carbonyl (C=O) groups excluding carboxylic acids is 1. The summed E-state index contributed by atoms with van der Waals surface area (Å²) in [6.45, 7) is 2.67. The van der Waals surface area contributed by atoms with Gasteiger partial charge in [0.1, 0.15) is 23.1 Å². The highest BCUT2D eigenvalue weighted by molar-refractivity contribution is 9.10. The number of benzene rings is 2. The third-order valence-corrected chi connectivity index (χ3v) is 4.23. The van der Waals surface area contributed by atoms with Gasteiger partial charge < -0.3 is 14.8 Å². The number of hydrogen-bond acceptors (Lipinski definition) is 4. The van der Waals surface area contributed by atoms with E-state index < -0.39 is 5.91 Å².